The van der Waals surface area contributed by atoms with Crippen molar-refractivity contribution in [2.24, 2.45) is 0 Å². The Morgan fingerprint density at radius 3 is 2.00 bits per heavy atom. The van der Waals surface area contributed by atoms with Crippen LogP contribution < -0.4 is 25.9 Å². The number of phenols is 1. The van der Waals surface area contributed by atoms with Gasteiger partial charge >= 0.3 is 166 Å². The van der Waals surface area contributed by atoms with E-state index in [0.717, 1.165) is 11.5 Å². The summed E-state index contributed by atoms with van der Waals surface area (Å²) in [5, 5.41) is 9.35. The average molecular weight is 459 g/mol. The van der Waals surface area contributed by atoms with Crippen molar-refractivity contribution in [3.8, 4) is 17.2 Å². The molecule has 0 fully saturated rings. The predicted octanol–water partition coefficient (Wildman–Crippen LogP) is 2.92. The fraction of sp³-hybridized carbons (Fsp3) is 0.217. The van der Waals surface area contributed by atoms with Gasteiger partial charge in [0.15, 0.2) is 0 Å². The summed E-state index contributed by atoms with van der Waals surface area (Å²) >= 11 is -0.209. The number of aromatic hydroxyl groups is 1. The van der Waals surface area contributed by atoms with Crippen LogP contribution in [0.25, 0.3) is 0 Å². The first-order chi connectivity index (χ1) is 12.3. The third-order valence-corrected chi connectivity index (χ3v) is 7.26. The normalized spacial score (nSPS) is 11.5. The minimum atomic E-state index is -0.209. The Hall–Kier alpha value is -2.01. The van der Waals surface area contributed by atoms with Crippen LogP contribution in [0.3, 0.4) is 0 Å². The minimum absolute atomic E-state index is 0.194. The fourth-order valence-electron chi connectivity index (χ4n) is 2.57. The second-order valence-corrected chi connectivity index (χ2v) is 10.3. The van der Waals surface area contributed by atoms with Crippen LogP contribution in [0.5, 0.6) is 17.2 Å². The molecule has 0 saturated carbocycles. The van der Waals surface area contributed by atoms with E-state index in [4.69, 9.17) is 4.74 Å². The molecule has 136 valence electrons. The van der Waals surface area contributed by atoms with Crippen LogP contribution in [0.15, 0.2) is 66.7 Å². The molecule has 0 aliphatic heterocycles. The Bertz CT molecular complexity index is 876. The van der Waals surface area contributed by atoms with Gasteiger partial charge in [0.25, 0.3) is 0 Å². The van der Waals surface area contributed by atoms with Crippen molar-refractivity contribution in [1.29, 1.82) is 0 Å². The monoisotopic (exact) mass is 459 g/mol. The van der Waals surface area contributed by atoms with E-state index in [9.17, 15) is 5.11 Å². The van der Waals surface area contributed by atoms with Crippen molar-refractivity contribution in [2.75, 3.05) is 0 Å². The van der Waals surface area contributed by atoms with Crippen LogP contribution in [-0.2, 0) is 5.41 Å². The van der Waals surface area contributed by atoms with Crippen molar-refractivity contribution in [3.63, 3.8) is 0 Å². The summed E-state index contributed by atoms with van der Waals surface area (Å²) in [6.07, 6.45) is 0. The zero-order valence-electron chi connectivity index (χ0n) is 15.6. The van der Waals surface area contributed by atoms with Gasteiger partial charge in [0, 0.05) is 0 Å². The Balaban J connectivity index is 1.72. The van der Waals surface area contributed by atoms with Crippen LogP contribution in [0, 0.1) is 14.1 Å². The third-order valence-electron chi connectivity index (χ3n) is 4.12. The summed E-state index contributed by atoms with van der Waals surface area (Å²) in [6, 6.07) is 22.1. The van der Waals surface area contributed by atoms with E-state index in [0.29, 0.717) is 0 Å². The summed E-state index contributed by atoms with van der Waals surface area (Å²) in [7, 11) is 0. The standard InChI is InChI=1S/C23H24IO2/c1-16-15-21(26-20-11-9-19(25)10-12-20)13-14-22(16)24-18-7-5-17(6-8-18)23(2,3)4/h5-15,25H,1-4H3/q-1. The Morgan fingerprint density at radius 2 is 1.42 bits per heavy atom. The number of aryl methyl sites for hydroxylation is 1. The number of hydrogen-bond donors (Lipinski definition) is 1. The maximum atomic E-state index is 9.35. The molecular weight excluding hydrogens is 435 g/mol. The van der Waals surface area contributed by atoms with E-state index >= 15 is 0 Å². The summed E-state index contributed by atoms with van der Waals surface area (Å²) in [6.45, 7) is 8.87. The molecule has 0 amide bonds. The molecule has 0 aromatic heterocycles. The second kappa shape index (κ2) is 7.70. The van der Waals surface area contributed by atoms with Crippen molar-refractivity contribution >= 4 is 0 Å². The molecule has 3 aromatic rings. The number of benzene rings is 3. The van der Waals surface area contributed by atoms with E-state index in [1.165, 1.54) is 18.3 Å². The molecule has 26 heavy (non-hydrogen) atoms. The third kappa shape index (κ3) is 4.79. The summed E-state index contributed by atoms with van der Waals surface area (Å²) in [5.74, 6) is 1.79. The van der Waals surface area contributed by atoms with E-state index in [1.54, 1.807) is 24.3 Å². The molecule has 0 heterocycles. The Kier molecular flexibility index (Phi) is 5.56. The number of phenolic OH excluding ortho intramolecular Hbond substituents is 1. The topological polar surface area (TPSA) is 29.5 Å². The number of hydrogen-bond acceptors (Lipinski definition) is 2. The van der Waals surface area contributed by atoms with Gasteiger partial charge in [0.1, 0.15) is 0 Å². The van der Waals surface area contributed by atoms with Gasteiger partial charge in [-0.25, -0.2) is 0 Å². The van der Waals surface area contributed by atoms with E-state index in [1.807, 2.05) is 6.07 Å². The molecule has 2 nitrogen and oxygen atoms in total. The molecule has 0 spiro atoms. The first-order valence-electron chi connectivity index (χ1n) is 8.64. The van der Waals surface area contributed by atoms with Gasteiger partial charge < -0.3 is 0 Å². The predicted molar refractivity (Wildman–Crippen MR) is 102 cm³/mol. The molecule has 0 radical (unpaired) electrons. The average Bonchev–Trinajstić information content (AvgIpc) is 2.59. The molecule has 1 N–H and O–H groups in total. The van der Waals surface area contributed by atoms with E-state index in [2.05, 4.69) is 64.1 Å². The van der Waals surface area contributed by atoms with Crippen LogP contribution >= 0.6 is 0 Å². The van der Waals surface area contributed by atoms with Crippen molar-refractivity contribution < 1.29 is 31.0 Å². The van der Waals surface area contributed by atoms with Gasteiger partial charge in [-0.3, -0.25) is 0 Å². The second-order valence-electron chi connectivity index (χ2n) is 7.36. The van der Waals surface area contributed by atoms with Crippen molar-refractivity contribution in [2.45, 2.75) is 33.1 Å². The number of halogens is 1. The molecule has 0 saturated heterocycles. The zero-order chi connectivity index (χ0) is 18.7. The van der Waals surface area contributed by atoms with Gasteiger partial charge in [0.2, 0.25) is 0 Å². The quantitative estimate of drug-likeness (QED) is 0.609. The van der Waals surface area contributed by atoms with Crippen LogP contribution in [0.4, 0.5) is 0 Å². The summed E-state index contributed by atoms with van der Waals surface area (Å²) < 4.78 is 8.70. The molecule has 0 unspecified atom stereocenters. The Morgan fingerprint density at radius 1 is 0.808 bits per heavy atom. The molecular formula is C23H24IO2-. The van der Waals surface area contributed by atoms with Gasteiger partial charge in [-0.2, -0.15) is 0 Å². The van der Waals surface area contributed by atoms with E-state index < -0.39 is 0 Å². The first kappa shape index (κ1) is 18.8. The van der Waals surface area contributed by atoms with E-state index in [-0.39, 0.29) is 32.4 Å². The SMILES string of the molecule is Cc1cc(Oc2ccc(O)cc2)ccc1[I-]c1ccc(C(C)(C)C)cc1. The zero-order valence-corrected chi connectivity index (χ0v) is 17.7. The molecule has 0 atom stereocenters. The molecule has 0 bridgehead atoms. The maximum absolute atomic E-state index is 9.35. The number of rotatable bonds is 4. The van der Waals surface area contributed by atoms with Crippen molar-refractivity contribution in [3.05, 3.63) is 85.0 Å². The molecule has 3 heteroatoms. The van der Waals surface area contributed by atoms with Crippen LogP contribution in [0.2, 0.25) is 0 Å². The first-order valence-corrected chi connectivity index (χ1v) is 10.8. The van der Waals surface area contributed by atoms with Gasteiger partial charge in [-0.05, 0) is 0 Å². The summed E-state index contributed by atoms with van der Waals surface area (Å²) in [5.41, 5.74) is 2.83. The van der Waals surface area contributed by atoms with Crippen LogP contribution in [-0.4, -0.2) is 5.11 Å². The van der Waals surface area contributed by atoms with Gasteiger partial charge in [0.05, 0.1) is 0 Å². The van der Waals surface area contributed by atoms with Crippen LogP contribution in [0.1, 0.15) is 31.9 Å². The summed E-state index contributed by atoms with van der Waals surface area (Å²) in [4.78, 5) is 0. The van der Waals surface area contributed by atoms with Crippen molar-refractivity contribution in [1.82, 2.24) is 0 Å². The Labute approximate surface area is 166 Å². The molecule has 3 rings (SSSR count). The fourth-order valence-corrected chi connectivity index (χ4v) is 4.90. The molecule has 3 aromatic carbocycles. The molecule has 0 aliphatic carbocycles. The van der Waals surface area contributed by atoms with Gasteiger partial charge in [-0.15, -0.1) is 0 Å². The van der Waals surface area contributed by atoms with Gasteiger partial charge in [-0.1, -0.05) is 0 Å². The molecule has 0 aliphatic rings. The number of ether oxygens (including phenoxy) is 1.